The molecule has 0 bridgehead atoms. The summed E-state index contributed by atoms with van der Waals surface area (Å²) >= 11 is 6.25. The number of aromatic nitrogens is 4. The van der Waals surface area contributed by atoms with Crippen LogP contribution in [0.3, 0.4) is 0 Å². The van der Waals surface area contributed by atoms with Crippen LogP contribution in [-0.2, 0) is 15.3 Å². The zero-order valence-corrected chi connectivity index (χ0v) is 24.6. The number of aryl methyl sites for hydroxylation is 2. The number of anilines is 1. The van der Waals surface area contributed by atoms with Gasteiger partial charge in [-0.1, -0.05) is 87.1 Å². The van der Waals surface area contributed by atoms with Crippen molar-refractivity contribution in [2.75, 3.05) is 4.90 Å². The Morgan fingerprint density at radius 2 is 1.85 bits per heavy atom. The third-order valence-corrected chi connectivity index (χ3v) is 9.24. The van der Waals surface area contributed by atoms with Crippen molar-refractivity contribution in [3.63, 3.8) is 0 Å². The van der Waals surface area contributed by atoms with Gasteiger partial charge in [-0.15, -0.1) is 10.2 Å². The molecule has 40 heavy (non-hydrogen) atoms. The Morgan fingerprint density at radius 3 is 2.62 bits per heavy atom. The number of benzene rings is 2. The minimum atomic E-state index is -0.908. The van der Waals surface area contributed by atoms with Gasteiger partial charge in [0.15, 0.2) is 10.1 Å². The van der Waals surface area contributed by atoms with Gasteiger partial charge in [0.05, 0.1) is 17.3 Å². The highest BCUT2D eigenvalue weighted by atomic mass is 79.9. The van der Waals surface area contributed by atoms with E-state index < -0.39 is 17.7 Å². The molecule has 3 aromatic heterocycles. The van der Waals surface area contributed by atoms with Crippen LogP contribution >= 0.6 is 39.0 Å². The van der Waals surface area contributed by atoms with Gasteiger partial charge in [0.1, 0.15) is 11.3 Å². The molecule has 2 aromatic carbocycles. The van der Waals surface area contributed by atoms with Gasteiger partial charge in [-0.3, -0.25) is 18.9 Å². The summed E-state index contributed by atoms with van der Waals surface area (Å²) in [5.74, 6) is -1.17. The molecule has 0 radical (unpaired) electrons. The molecule has 1 aliphatic heterocycles. The first-order valence-electron chi connectivity index (χ1n) is 12.3. The van der Waals surface area contributed by atoms with Crippen LogP contribution in [0.4, 0.5) is 5.13 Å². The van der Waals surface area contributed by atoms with Gasteiger partial charge in [0.2, 0.25) is 5.13 Å². The van der Waals surface area contributed by atoms with Gasteiger partial charge in [-0.05, 0) is 49.2 Å². The Bertz CT molecular complexity index is 1810. The van der Waals surface area contributed by atoms with Crippen molar-refractivity contribution in [1.82, 2.24) is 19.6 Å². The molecule has 4 heterocycles. The van der Waals surface area contributed by atoms with Crippen molar-refractivity contribution in [3.8, 4) is 0 Å². The molecule has 1 fully saturated rings. The van der Waals surface area contributed by atoms with Crippen LogP contribution in [0.15, 0.2) is 87.3 Å². The monoisotopic (exact) mass is 631 g/mol. The first kappa shape index (κ1) is 26.4. The molecule has 5 aromatic rings. The van der Waals surface area contributed by atoms with Gasteiger partial charge < -0.3 is 5.11 Å². The minimum Gasteiger partial charge on any atom is -0.505 e. The molecule has 1 saturated heterocycles. The van der Waals surface area contributed by atoms with Crippen molar-refractivity contribution in [2.24, 2.45) is 0 Å². The highest BCUT2D eigenvalue weighted by Gasteiger charge is 2.49. The predicted octanol–water partition coefficient (Wildman–Crippen LogP) is 6.48. The molecule has 1 N–H and O–H groups in total. The molecule has 1 unspecified atom stereocenters. The van der Waals surface area contributed by atoms with Gasteiger partial charge in [0.25, 0.3) is 5.78 Å². The number of carbonyl (C=O) groups excluding carboxylic acids is 2. The lowest BCUT2D eigenvalue weighted by Crippen LogP contribution is -2.29. The minimum absolute atomic E-state index is 0.0269. The van der Waals surface area contributed by atoms with Gasteiger partial charge in [-0.2, -0.15) is 0 Å². The molecular weight excluding hydrogens is 610 g/mol. The number of ketones is 1. The number of Topliss-reactive ketones (excluding diaryl/α,β-unsaturated/α-hetero) is 1. The SMILES string of the molecule is Cc1ccc(CSc2nnc(N3C(=O)C(=O)/C(=C(/O)c4c(C)nc5ccccn45)C3c3cccc(Br)c3)s2)cc1. The van der Waals surface area contributed by atoms with Gasteiger partial charge in [0, 0.05) is 16.4 Å². The number of imidazole rings is 1. The van der Waals surface area contributed by atoms with Crippen LogP contribution in [0, 0.1) is 13.8 Å². The lowest BCUT2D eigenvalue weighted by molar-refractivity contribution is -0.132. The second kappa shape index (κ2) is 10.6. The number of nitrogens with zero attached hydrogens (tertiary/aromatic N) is 5. The smallest absolute Gasteiger partial charge is 0.301 e. The van der Waals surface area contributed by atoms with E-state index in [1.165, 1.54) is 33.6 Å². The number of carbonyl (C=O) groups is 2. The number of hydrogen-bond acceptors (Lipinski definition) is 8. The zero-order chi connectivity index (χ0) is 28.0. The Balaban J connectivity index is 1.43. The number of hydrogen-bond donors (Lipinski definition) is 1. The van der Waals surface area contributed by atoms with Crippen LogP contribution in [0.2, 0.25) is 0 Å². The summed E-state index contributed by atoms with van der Waals surface area (Å²) in [7, 11) is 0. The lowest BCUT2D eigenvalue weighted by atomic mass is 9.96. The second-order valence-electron chi connectivity index (χ2n) is 9.32. The Morgan fingerprint density at radius 1 is 1.05 bits per heavy atom. The fraction of sp³-hybridized carbons (Fsp3) is 0.138. The Kier molecular flexibility index (Phi) is 7.03. The molecule has 1 amide bonds. The summed E-state index contributed by atoms with van der Waals surface area (Å²) in [6, 6.07) is 20.1. The summed E-state index contributed by atoms with van der Waals surface area (Å²) < 4.78 is 3.15. The van der Waals surface area contributed by atoms with Crippen molar-refractivity contribution in [2.45, 2.75) is 30.0 Å². The fourth-order valence-electron chi connectivity index (χ4n) is 4.74. The summed E-state index contributed by atoms with van der Waals surface area (Å²) in [4.78, 5) is 33.0. The number of pyridine rings is 1. The molecular formula is C29H22BrN5O3S2. The van der Waals surface area contributed by atoms with Crippen LogP contribution in [-0.4, -0.2) is 36.4 Å². The summed E-state index contributed by atoms with van der Waals surface area (Å²) in [5, 5.41) is 20.5. The maximum atomic E-state index is 13.6. The summed E-state index contributed by atoms with van der Waals surface area (Å²) in [5.41, 5.74) is 4.47. The van der Waals surface area contributed by atoms with Crippen molar-refractivity contribution in [3.05, 3.63) is 111 Å². The third kappa shape index (κ3) is 4.74. The van der Waals surface area contributed by atoms with Crippen molar-refractivity contribution in [1.29, 1.82) is 0 Å². The molecule has 8 nitrogen and oxygen atoms in total. The maximum absolute atomic E-state index is 13.6. The quantitative estimate of drug-likeness (QED) is 0.0752. The molecule has 0 saturated carbocycles. The molecule has 200 valence electrons. The average Bonchev–Trinajstić information content (AvgIpc) is 3.62. The van der Waals surface area contributed by atoms with E-state index in [1.54, 1.807) is 17.5 Å². The number of aliphatic hydroxyl groups excluding tert-OH is 1. The number of fused-ring (bicyclic) bond motifs is 1. The second-order valence-corrected chi connectivity index (χ2v) is 12.4. The van der Waals surface area contributed by atoms with Crippen LogP contribution in [0.5, 0.6) is 0 Å². The van der Waals surface area contributed by atoms with E-state index in [0.717, 1.165) is 10.0 Å². The van der Waals surface area contributed by atoms with Crippen LogP contribution in [0.1, 0.15) is 34.1 Å². The average molecular weight is 633 g/mol. The molecule has 11 heteroatoms. The summed E-state index contributed by atoms with van der Waals surface area (Å²) in [6.45, 7) is 3.80. The number of aliphatic hydroxyl groups is 1. The Hall–Kier alpha value is -3.80. The lowest BCUT2D eigenvalue weighted by Gasteiger charge is -2.22. The molecule has 0 aliphatic carbocycles. The first-order chi connectivity index (χ1) is 19.3. The topological polar surface area (TPSA) is 101 Å². The predicted molar refractivity (Wildman–Crippen MR) is 160 cm³/mol. The normalized spacial score (nSPS) is 16.8. The zero-order valence-electron chi connectivity index (χ0n) is 21.4. The maximum Gasteiger partial charge on any atom is 0.301 e. The van der Waals surface area contributed by atoms with E-state index >= 15 is 0 Å². The van der Waals surface area contributed by atoms with Crippen molar-refractivity contribution >= 4 is 67.3 Å². The molecule has 1 aliphatic rings. The van der Waals surface area contributed by atoms with E-state index in [-0.39, 0.29) is 16.5 Å². The van der Waals surface area contributed by atoms with Crippen LogP contribution < -0.4 is 4.90 Å². The van der Waals surface area contributed by atoms with E-state index in [9.17, 15) is 14.7 Å². The van der Waals surface area contributed by atoms with E-state index in [2.05, 4.69) is 55.4 Å². The highest BCUT2D eigenvalue weighted by molar-refractivity contribution is 9.10. The Labute approximate surface area is 246 Å². The molecule has 6 rings (SSSR count). The van der Waals surface area contributed by atoms with E-state index in [0.29, 0.717) is 32.7 Å². The number of halogens is 1. The van der Waals surface area contributed by atoms with Crippen LogP contribution in [0.25, 0.3) is 11.4 Å². The third-order valence-electron chi connectivity index (χ3n) is 6.62. The number of amides is 1. The molecule has 0 spiro atoms. The van der Waals surface area contributed by atoms with E-state index in [4.69, 9.17) is 0 Å². The van der Waals surface area contributed by atoms with Crippen molar-refractivity contribution < 1.29 is 14.7 Å². The van der Waals surface area contributed by atoms with E-state index in [1.807, 2.05) is 49.4 Å². The fourth-order valence-corrected chi connectivity index (χ4v) is 6.98. The first-order valence-corrected chi connectivity index (χ1v) is 14.9. The molecule has 1 atom stereocenters. The standard InChI is InChI=1S/C29H22BrN5O3S2/c1-16-9-11-18(12-10-16)15-39-29-33-32-28(40-29)35-24(19-6-5-7-20(30)14-19)22(26(37)27(35)38)25(36)23-17(2)31-21-8-3-4-13-34(21)23/h3-14,24,36H,15H2,1-2H3/b25-22+. The van der Waals surface area contributed by atoms with Gasteiger partial charge >= 0.3 is 5.91 Å². The number of rotatable bonds is 6. The highest BCUT2D eigenvalue weighted by Crippen LogP contribution is 2.44. The summed E-state index contributed by atoms with van der Waals surface area (Å²) in [6.07, 6.45) is 1.76. The number of thioether (sulfide) groups is 1. The van der Waals surface area contributed by atoms with Gasteiger partial charge in [-0.25, -0.2) is 4.98 Å². The largest absolute Gasteiger partial charge is 0.505 e.